The number of hydrogen-bond acceptors (Lipinski definition) is 3. The van der Waals surface area contributed by atoms with Crippen molar-refractivity contribution in [3.63, 3.8) is 0 Å². The number of H-pyrrole nitrogens is 1. The Morgan fingerprint density at radius 1 is 1.36 bits per heavy atom. The lowest BCUT2D eigenvalue weighted by atomic mass is 10.2. The van der Waals surface area contributed by atoms with E-state index in [-0.39, 0.29) is 5.56 Å². The predicted octanol–water partition coefficient (Wildman–Crippen LogP) is 0.756. The molecule has 0 fully saturated rings. The Kier molecular flexibility index (Phi) is 2.36. The third-order valence-corrected chi connectivity index (χ3v) is 1.84. The van der Waals surface area contributed by atoms with Gasteiger partial charge in [0.25, 0.3) is 5.56 Å². The van der Waals surface area contributed by atoms with Gasteiger partial charge in [0.1, 0.15) is 0 Å². The SMILES string of the molecule is O=c1cnc(Cc2cccnc2)c[nH]1. The van der Waals surface area contributed by atoms with Gasteiger partial charge < -0.3 is 4.98 Å². The van der Waals surface area contributed by atoms with Gasteiger partial charge in [0.2, 0.25) is 0 Å². The Morgan fingerprint density at radius 2 is 2.29 bits per heavy atom. The number of aromatic nitrogens is 3. The van der Waals surface area contributed by atoms with E-state index in [9.17, 15) is 4.79 Å². The van der Waals surface area contributed by atoms with Crippen molar-refractivity contribution in [2.24, 2.45) is 0 Å². The summed E-state index contributed by atoms with van der Waals surface area (Å²) in [7, 11) is 0. The number of aromatic amines is 1. The molecule has 0 aliphatic carbocycles. The van der Waals surface area contributed by atoms with Gasteiger partial charge in [-0.1, -0.05) is 6.07 Å². The molecule has 0 amide bonds. The summed E-state index contributed by atoms with van der Waals surface area (Å²) < 4.78 is 0. The molecule has 0 saturated heterocycles. The third kappa shape index (κ3) is 2.04. The van der Waals surface area contributed by atoms with E-state index < -0.39 is 0 Å². The van der Waals surface area contributed by atoms with Gasteiger partial charge in [-0.15, -0.1) is 0 Å². The molecule has 4 nitrogen and oxygen atoms in total. The molecular weight excluding hydrogens is 178 g/mol. The highest BCUT2D eigenvalue weighted by molar-refractivity contribution is 5.15. The van der Waals surface area contributed by atoms with E-state index in [4.69, 9.17) is 0 Å². The van der Waals surface area contributed by atoms with Crippen LogP contribution < -0.4 is 5.56 Å². The molecule has 0 bridgehead atoms. The average Bonchev–Trinajstić information content (AvgIpc) is 2.23. The zero-order valence-electron chi connectivity index (χ0n) is 7.47. The minimum absolute atomic E-state index is 0.181. The van der Waals surface area contributed by atoms with Crippen molar-refractivity contribution < 1.29 is 0 Å². The summed E-state index contributed by atoms with van der Waals surface area (Å²) in [4.78, 5) is 21.3. The second kappa shape index (κ2) is 3.83. The lowest BCUT2D eigenvalue weighted by Crippen LogP contribution is -2.06. The summed E-state index contributed by atoms with van der Waals surface area (Å²) in [6.07, 6.45) is 7.10. The quantitative estimate of drug-likeness (QED) is 0.754. The molecule has 2 aromatic heterocycles. The van der Waals surface area contributed by atoms with Crippen LogP contribution in [0, 0.1) is 0 Å². The van der Waals surface area contributed by atoms with Crippen LogP contribution in [0.15, 0.2) is 41.7 Å². The predicted molar refractivity (Wildman–Crippen MR) is 51.9 cm³/mol. The van der Waals surface area contributed by atoms with Gasteiger partial charge in [-0.3, -0.25) is 14.8 Å². The molecular formula is C10H9N3O. The minimum atomic E-state index is -0.181. The molecule has 0 radical (unpaired) electrons. The molecule has 70 valence electrons. The highest BCUT2D eigenvalue weighted by atomic mass is 16.1. The minimum Gasteiger partial charge on any atom is -0.326 e. The monoisotopic (exact) mass is 187 g/mol. The van der Waals surface area contributed by atoms with Crippen LogP contribution in [0.2, 0.25) is 0 Å². The van der Waals surface area contributed by atoms with Gasteiger partial charge in [-0.25, -0.2) is 0 Å². The molecule has 0 aromatic carbocycles. The fourth-order valence-corrected chi connectivity index (χ4v) is 1.18. The summed E-state index contributed by atoms with van der Waals surface area (Å²) in [6, 6.07) is 3.85. The van der Waals surface area contributed by atoms with Crippen LogP contribution in [0.4, 0.5) is 0 Å². The van der Waals surface area contributed by atoms with Crippen LogP contribution in [0.5, 0.6) is 0 Å². The lowest BCUT2D eigenvalue weighted by Gasteiger charge is -1.98. The van der Waals surface area contributed by atoms with Crippen molar-refractivity contribution in [2.45, 2.75) is 6.42 Å². The Labute approximate surface area is 80.7 Å². The van der Waals surface area contributed by atoms with Gasteiger partial charge in [0, 0.05) is 25.0 Å². The van der Waals surface area contributed by atoms with Crippen molar-refractivity contribution in [3.8, 4) is 0 Å². The number of nitrogens with one attached hydrogen (secondary N) is 1. The van der Waals surface area contributed by atoms with E-state index in [1.54, 1.807) is 18.6 Å². The molecule has 2 aromatic rings. The van der Waals surface area contributed by atoms with Crippen molar-refractivity contribution in [1.29, 1.82) is 0 Å². The second-order valence-electron chi connectivity index (χ2n) is 2.94. The maximum absolute atomic E-state index is 10.7. The number of pyridine rings is 1. The Balaban J connectivity index is 2.19. The number of hydrogen-bond donors (Lipinski definition) is 1. The topological polar surface area (TPSA) is 58.6 Å². The van der Waals surface area contributed by atoms with E-state index >= 15 is 0 Å². The van der Waals surface area contributed by atoms with Crippen LogP contribution in [0.3, 0.4) is 0 Å². The maximum atomic E-state index is 10.7. The van der Waals surface area contributed by atoms with Crippen LogP contribution in [0.25, 0.3) is 0 Å². The molecule has 1 N–H and O–H groups in total. The fourth-order valence-electron chi connectivity index (χ4n) is 1.18. The van der Waals surface area contributed by atoms with Crippen LogP contribution >= 0.6 is 0 Å². The Bertz CT molecular complexity index is 444. The first-order valence-corrected chi connectivity index (χ1v) is 4.27. The highest BCUT2D eigenvalue weighted by Crippen LogP contribution is 2.02. The van der Waals surface area contributed by atoms with E-state index in [1.807, 2.05) is 12.1 Å². The molecule has 0 aliphatic heterocycles. The molecule has 0 saturated carbocycles. The van der Waals surface area contributed by atoms with Crippen LogP contribution in [-0.2, 0) is 6.42 Å². The second-order valence-corrected chi connectivity index (χ2v) is 2.94. The normalized spacial score (nSPS) is 10.0. The summed E-state index contributed by atoms with van der Waals surface area (Å²) in [5, 5.41) is 0. The van der Waals surface area contributed by atoms with E-state index in [0.717, 1.165) is 11.3 Å². The van der Waals surface area contributed by atoms with Crippen molar-refractivity contribution in [1.82, 2.24) is 15.0 Å². The third-order valence-electron chi connectivity index (χ3n) is 1.84. The summed E-state index contributed by atoms with van der Waals surface area (Å²) in [5.74, 6) is 0. The average molecular weight is 187 g/mol. The standard InChI is InChI=1S/C10H9N3O/c14-10-7-12-9(6-13-10)4-8-2-1-3-11-5-8/h1-3,5-7H,4H2,(H,13,14). The fraction of sp³-hybridized carbons (Fsp3) is 0.100. The van der Waals surface area contributed by atoms with E-state index in [2.05, 4.69) is 15.0 Å². The van der Waals surface area contributed by atoms with Crippen LogP contribution in [0.1, 0.15) is 11.3 Å². The highest BCUT2D eigenvalue weighted by Gasteiger charge is 1.96. The summed E-state index contributed by atoms with van der Waals surface area (Å²) in [6.45, 7) is 0. The number of nitrogens with zero attached hydrogens (tertiary/aromatic N) is 2. The first-order valence-electron chi connectivity index (χ1n) is 4.27. The zero-order chi connectivity index (χ0) is 9.80. The smallest absolute Gasteiger partial charge is 0.266 e. The van der Waals surface area contributed by atoms with Gasteiger partial charge >= 0.3 is 0 Å². The van der Waals surface area contributed by atoms with E-state index in [0.29, 0.717) is 6.42 Å². The molecule has 2 heterocycles. The summed E-state index contributed by atoms with van der Waals surface area (Å²) >= 11 is 0. The van der Waals surface area contributed by atoms with Crippen molar-refractivity contribution >= 4 is 0 Å². The molecule has 0 unspecified atom stereocenters. The number of rotatable bonds is 2. The Hall–Kier alpha value is -1.97. The van der Waals surface area contributed by atoms with Gasteiger partial charge in [-0.05, 0) is 11.6 Å². The van der Waals surface area contributed by atoms with Gasteiger partial charge in [0.05, 0.1) is 11.9 Å². The maximum Gasteiger partial charge on any atom is 0.266 e. The van der Waals surface area contributed by atoms with Gasteiger partial charge in [0.15, 0.2) is 0 Å². The zero-order valence-corrected chi connectivity index (χ0v) is 7.47. The molecule has 14 heavy (non-hydrogen) atoms. The van der Waals surface area contributed by atoms with Crippen LogP contribution in [-0.4, -0.2) is 15.0 Å². The largest absolute Gasteiger partial charge is 0.326 e. The molecule has 0 atom stereocenters. The van der Waals surface area contributed by atoms with Crippen molar-refractivity contribution in [2.75, 3.05) is 0 Å². The first-order chi connectivity index (χ1) is 6.84. The van der Waals surface area contributed by atoms with Gasteiger partial charge in [-0.2, -0.15) is 0 Å². The molecule has 4 heteroatoms. The Morgan fingerprint density at radius 3 is 2.93 bits per heavy atom. The molecule has 2 rings (SSSR count). The van der Waals surface area contributed by atoms with E-state index in [1.165, 1.54) is 6.20 Å². The lowest BCUT2D eigenvalue weighted by molar-refractivity contribution is 0.999. The summed E-state index contributed by atoms with van der Waals surface area (Å²) in [5.41, 5.74) is 1.73. The first kappa shape index (κ1) is 8.62. The van der Waals surface area contributed by atoms with Crippen molar-refractivity contribution in [3.05, 3.63) is 58.5 Å². The molecule has 0 aliphatic rings. The molecule has 0 spiro atoms.